The van der Waals surface area contributed by atoms with Crippen molar-refractivity contribution in [1.29, 1.82) is 0 Å². The Morgan fingerprint density at radius 1 is 1.07 bits per heavy atom. The molecule has 0 spiro atoms. The predicted molar refractivity (Wildman–Crippen MR) is 115 cm³/mol. The van der Waals surface area contributed by atoms with Gasteiger partial charge in [0.25, 0.3) is 0 Å². The molecule has 2 aromatic carbocycles. The van der Waals surface area contributed by atoms with Crippen molar-refractivity contribution in [3.63, 3.8) is 0 Å². The molecule has 8 nitrogen and oxygen atoms in total. The molecule has 2 aromatic heterocycles. The summed E-state index contributed by atoms with van der Waals surface area (Å²) in [6.45, 7) is 1.94. The molecule has 2 N–H and O–H groups in total. The van der Waals surface area contributed by atoms with Crippen molar-refractivity contribution >= 4 is 12.0 Å². The van der Waals surface area contributed by atoms with Crippen molar-refractivity contribution in [2.75, 3.05) is 12.5 Å². The number of rotatable bonds is 6. The summed E-state index contributed by atoms with van der Waals surface area (Å²) in [7, 11) is 1.50. The SMILES string of the molecule is COc1cccc(/C=N\Nc2cc(-n3nc(C)cc3-c3ccccc3)ncn2)c1O. The number of aromatic nitrogens is 4. The largest absolute Gasteiger partial charge is 0.504 e. The molecule has 0 bridgehead atoms. The van der Waals surface area contributed by atoms with Crippen LogP contribution in [0.1, 0.15) is 11.3 Å². The summed E-state index contributed by atoms with van der Waals surface area (Å²) in [5, 5.41) is 18.9. The first-order chi connectivity index (χ1) is 14.7. The summed E-state index contributed by atoms with van der Waals surface area (Å²) >= 11 is 0. The number of hydrogen-bond acceptors (Lipinski definition) is 7. The molecule has 4 rings (SSSR count). The van der Waals surface area contributed by atoms with E-state index in [0.717, 1.165) is 17.0 Å². The molecule has 0 radical (unpaired) electrons. The standard InChI is InChI=1S/C22H20N6O2/c1-15-11-18(16-7-4-3-5-8-16)28(27-15)21-12-20(23-14-24-21)26-25-13-17-9-6-10-19(30-2)22(17)29/h3-14,29H,1-2H3,(H,23,24,26)/b25-13-. The lowest BCUT2D eigenvalue weighted by Crippen LogP contribution is -2.04. The third kappa shape index (κ3) is 3.97. The Bertz CT molecular complexity index is 1190. The minimum Gasteiger partial charge on any atom is -0.504 e. The number of para-hydroxylation sites is 1. The lowest BCUT2D eigenvalue weighted by atomic mass is 10.1. The van der Waals surface area contributed by atoms with Crippen LogP contribution in [0.15, 0.2) is 72.1 Å². The first-order valence-corrected chi connectivity index (χ1v) is 9.25. The molecule has 0 atom stereocenters. The van der Waals surface area contributed by atoms with Crippen molar-refractivity contribution < 1.29 is 9.84 Å². The van der Waals surface area contributed by atoms with Gasteiger partial charge in [0, 0.05) is 17.2 Å². The van der Waals surface area contributed by atoms with Gasteiger partial charge in [0.1, 0.15) is 6.33 Å². The predicted octanol–water partition coefficient (Wildman–Crippen LogP) is 3.80. The zero-order chi connectivity index (χ0) is 20.9. The normalized spacial score (nSPS) is 11.0. The average molecular weight is 400 g/mol. The van der Waals surface area contributed by atoms with E-state index in [-0.39, 0.29) is 5.75 Å². The van der Waals surface area contributed by atoms with Gasteiger partial charge in [-0.05, 0) is 25.1 Å². The van der Waals surface area contributed by atoms with Crippen LogP contribution in [0.3, 0.4) is 0 Å². The molecule has 0 amide bonds. The molecule has 30 heavy (non-hydrogen) atoms. The number of aryl methyl sites for hydroxylation is 1. The van der Waals surface area contributed by atoms with Crippen LogP contribution in [0, 0.1) is 6.92 Å². The van der Waals surface area contributed by atoms with Crippen molar-refractivity contribution in [1.82, 2.24) is 19.7 Å². The maximum Gasteiger partial charge on any atom is 0.166 e. The number of phenolic OH excluding ortho intramolecular Hbond substituents is 1. The molecule has 8 heteroatoms. The summed E-state index contributed by atoms with van der Waals surface area (Å²) in [5.74, 6) is 1.50. The molecule has 0 saturated carbocycles. The number of ether oxygens (including phenoxy) is 1. The van der Waals surface area contributed by atoms with E-state index in [0.29, 0.717) is 22.9 Å². The second-order valence-corrected chi connectivity index (χ2v) is 6.48. The van der Waals surface area contributed by atoms with Gasteiger partial charge in [-0.2, -0.15) is 10.2 Å². The first kappa shape index (κ1) is 19.1. The minimum absolute atomic E-state index is 0.0217. The topological polar surface area (TPSA) is 97.5 Å². The lowest BCUT2D eigenvalue weighted by Gasteiger charge is -2.08. The molecule has 150 valence electrons. The first-order valence-electron chi connectivity index (χ1n) is 9.25. The highest BCUT2D eigenvalue weighted by Crippen LogP contribution is 2.28. The van der Waals surface area contributed by atoms with Gasteiger partial charge in [-0.25, -0.2) is 14.6 Å². The second-order valence-electron chi connectivity index (χ2n) is 6.48. The maximum absolute atomic E-state index is 10.1. The van der Waals surface area contributed by atoms with E-state index < -0.39 is 0 Å². The number of hydrazone groups is 1. The Labute approximate surface area is 173 Å². The van der Waals surface area contributed by atoms with Crippen LogP contribution < -0.4 is 10.2 Å². The van der Waals surface area contributed by atoms with Crippen LogP contribution in [-0.2, 0) is 0 Å². The monoisotopic (exact) mass is 400 g/mol. The quantitative estimate of drug-likeness (QED) is 0.377. The highest BCUT2D eigenvalue weighted by molar-refractivity contribution is 5.85. The molecule has 2 heterocycles. The summed E-state index contributed by atoms with van der Waals surface area (Å²) < 4.78 is 6.88. The Morgan fingerprint density at radius 3 is 2.70 bits per heavy atom. The highest BCUT2D eigenvalue weighted by atomic mass is 16.5. The van der Waals surface area contributed by atoms with Crippen molar-refractivity contribution in [2.24, 2.45) is 5.10 Å². The minimum atomic E-state index is 0.0217. The van der Waals surface area contributed by atoms with Gasteiger partial charge in [0.2, 0.25) is 0 Å². The number of anilines is 1. The number of benzene rings is 2. The van der Waals surface area contributed by atoms with Gasteiger partial charge in [-0.1, -0.05) is 36.4 Å². The fraction of sp³-hybridized carbons (Fsp3) is 0.0909. The molecule has 0 aliphatic rings. The van der Waals surface area contributed by atoms with Gasteiger partial charge in [0.15, 0.2) is 23.1 Å². The van der Waals surface area contributed by atoms with E-state index in [2.05, 4.69) is 25.6 Å². The Hall–Kier alpha value is -4.20. The lowest BCUT2D eigenvalue weighted by molar-refractivity contribution is 0.373. The number of nitrogens with zero attached hydrogens (tertiary/aromatic N) is 5. The van der Waals surface area contributed by atoms with Crippen LogP contribution in [0.25, 0.3) is 17.1 Å². The number of phenols is 1. The van der Waals surface area contributed by atoms with Crippen molar-refractivity contribution in [3.05, 3.63) is 78.2 Å². The molecule has 0 aliphatic heterocycles. The molecular weight excluding hydrogens is 380 g/mol. The van der Waals surface area contributed by atoms with E-state index in [4.69, 9.17) is 4.74 Å². The fourth-order valence-electron chi connectivity index (χ4n) is 2.99. The van der Waals surface area contributed by atoms with Crippen LogP contribution in [-0.4, -0.2) is 38.2 Å². The molecule has 0 aliphatic carbocycles. The summed E-state index contributed by atoms with van der Waals surface area (Å²) in [5.41, 5.74) is 6.23. The van der Waals surface area contributed by atoms with E-state index in [1.807, 2.05) is 43.3 Å². The number of aromatic hydroxyl groups is 1. The maximum atomic E-state index is 10.1. The van der Waals surface area contributed by atoms with Gasteiger partial charge in [-0.15, -0.1) is 0 Å². The van der Waals surface area contributed by atoms with Crippen LogP contribution in [0.5, 0.6) is 11.5 Å². The average Bonchev–Trinajstić information content (AvgIpc) is 3.17. The van der Waals surface area contributed by atoms with Crippen molar-refractivity contribution in [2.45, 2.75) is 6.92 Å². The number of methoxy groups -OCH3 is 1. The van der Waals surface area contributed by atoms with Gasteiger partial charge in [0.05, 0.1) is 24.7 Å². The molecule has 4 aromatic rings. The smallest absolute Gasteiger partial charge is 0.166 e. The zero-order valence-electron chi connectivity index (χ0n) is 16.5. The highest BCUT2D eigenvalue weighted by Gasteiger charge is 2.11. The van der Waals surface area contributed by atoms with E-state index in [1.165, 1.54) is 19.7 Å². The van der Waals surface area contributed by atoms with Crippen LogP contribution >= 0.6 is 0 Å². The molecule has 0 saturated heterocycles. The molecule has 0 unspecified atom stereocenters. The summed E-state index contributed by atoms with van der Waals surface area (Å²) in [4.78, 5) is 8.55. The van der Waals surface area contributed by atoms with Crippen molar-refractivity contribution in [3.8, 4) is 28.6 Å². The Balaban J connectivity index is 1.59. The van der Waals surface area contributed by atoms with E-state index in [1.54, 1.807) is 28.9 Å². The Kier molecular flexibility index (Phi) is 5.38. The number of nitrogens with one attached hydrogen (secondary N) is 1. The summed E-state index contributed by atoms with van der Waals surface area (Å²) in [6.07, 6.45) is 2.94. The Morgan fingerprint density at radius 2 is 1.90 bits per heavy atom. The van der Waals surface area contributed by atoms with Crippen LogP contribution in [0.2, 0.25) is 0 Å². The molecule has 0 fully saturated rings. The molecular formula is C22H20N6O2. The third-order valence-corrected chi connectivity index (χ3v) is 4.40. The van der Waals surface area contributed by atoms with Crippen LogP contribution in [0.4, 0.5) is 5.82 Å². The van der Waals surface area contributed by atoms with E-state index >= 15 is 0 Å². The van der Waals surface area contributed by atoms with Gasteiger partial charge >= 0.3 is 0 Å². The summed E-state index contributed by atoms with van der Waals surface area (Å²) in [6, 6.07) is 18.9. The van der Waals surface area contributed by atoms with Gasteiger partial charge in [-0.3, -0.25) is 5.43 Å². The van der Waals surface area contributed by atoms with Gasteiger partial charge < -0.3 is 9.84 Å². The van der Waals surface area contributed by atoms with E-state index in [9.17, 15) is 5.11 Å². The second kappa shape index (κ2) is 8.44. The zero-order valence-corrected chi connectivity index (χ0v) is 16.5. The number of hydrogen-bond donors (Lipinski definition) is 2. The third-order valence-electron chi connectivity index (χ3n) is 4.40. The fourth-order valence-corrected chi connectivity index (χ4v) is 2.99.